The average molecular weight is 268 g/mol. The summed E-state index contributed by atoms with van der Waals surface area (Å²) in [7, 11) is 2.07. The number of rotatable bonds is 7. The van der Waals surface area contributed by atoms with Crippen molar-refractivity contribution in [2.45, 2.75) is 26.7 Å². The first-order valence-electron chi connectivity index (χ1n) is 6.46. The van der Waals surface area contributed by atoms with Crippen molar-refractivity contribution >= 4 is 17.4 Å². The fraction of sp³-hybridized carbons (Fsp3) is 0.533. The zero-order chi connectivity index (χ0) is 13.5. The number of benzene rings is 1. The first-order chi connectivity index (χ1) is 8.49. The molecule has 0 atom stereocenters. The fourth-order valence-electron chi connectivity index (χ4n) is 1.66. The number of Topliss-reactive ketones (excluding diaryl/α,β-unsaturated/α-hetero) is 1. The maximum absolute atomic E-state index is 11.9. The van der Waals surface area contributed by atoms with E-state index in [4.69, 9.17) is 11.6 Å². The van der Waals surface area contributed by atoms with E-state index in [9.17, 15) is 4.79 Å². The van der Waals surface area contributed by atoms with Gasteiger partial charge in [-0.15, -0.1) is 0 Å². The van der Waals surface area contributed by atoms with Crippen molar-refractivity contribution < 1.29 is 4.79 Å². The van der Waals surface area contributed by atoms with Crippen molar-refractivity contribution in [2.24, 2.45) is 5.92 Å². The zero-order valence-corrected chi connectivity index (χ0v) is 12.2. The molecule has 0 aromatic heterocycles. The molecule has 0 fully saturated rings. The van der Waals surface area contributed by atoms with Gasteiger partial charge in [0.25, 0.3) is 0 Å². The summed E-state index contributed by atoms with van der Waals surface area (Å²) in [6.45, 7) is 6.29. The van der Waals surface area contributed by atoms with Crippen molar-refractivity contribution in [3.63, 3.8) is 0 Å². The van der Waals surface area contributed by atoms with E-state index >= 15 is 0 Å². The number of carbonyl (C=O) groups is 1. The Hall–Kier alpha value is -0.860. The molecule has 0 bridgehead atoms. The Morgan fingerprint density at radius 3 is 2.39 bits per heavy atom. The van der Waals surface area contributed by atoms with Crippen LogP contribution in [0.4, 0.5) is 0 Å². The van der Waals surface area contributed by atoms with Crippen LogP contribution in [0.5, 0.6) is 0 Å². The monoisotopic (exact) mass is 267 g/mol. The van der Waals surface area contributed by atoms with Gasteiger partial charge in [0.05, 0.1) is 0 Å². The quantitative estimate of drug-likeness (QED) is 0.699. The second kappa shape index (κ2) is 7.55. The molecule has 18 heavy (non-hydrogen) atoms. The molecule has 0 heterocycles. The van der Waals surface area contributed by atoms with Crippen LogP contribution in [0.25, 0.3) is 0 Å². The Bertz CT molecular complexity index is 373. The van der Waals surface area contributed by atoms with Gasteiger partial charge in [-0.3, -0.25) is 4.79 Å². The molecule has 1 aromatic carbocycles. The predicted molar refractivity (Wildman–Crippen MR) is 77.4 cm³/mol. The van der Waals surface area contributed by atoms with Crippen LogP contribution in [0.15, 0.2) is 24.3 Å². The van der Waals surface area contributed by atoms with E-state index < -0.39 is 0 Å². The standard InChI is InChI=1S/C15H22ClNO/c1-12(2)8-10-17(3)11-9-15(18)13-4-6-14(16)7-5-13/h4-7,12H,8-11H2,1-3H3. The number of halogens is 1. The number of carbonyl (C=O) groups excluding carboxylic acids is 1. The van der Waals surface area contributed by atoms with Crippen LogP contribution in [-0.2, 0) is 0 Å². The zero-order valence-electron chi connectivity index (χ0n) is 11.4. The summed E-state index contributed by atoms with van der Waals surface area (Å²) in [4.78, 5) is 14.1. The van der Waals surface area contributed by atoms with Crippen molar-refractivity contribution in [3.8, 4) is 0 Å². The second-order valence-electron chi connectivity index (χ2n) is 5.17. The van der Waals surface area contributed by atoms with Crippen LogP contribution in [0.2, 0.25) is 5.02 Å². The van der Waals surface area contributed by atoms with Gasteiger partial charge in [0.2, 0.25) is 0 Å². The summed E-state index contributed by atoms with van der Waals surface area (Å²) in [5.41, 5.74) is 0.747. The first-order valence-corrected chi connectivity index (χ1v) is 6.84. The van der Waals surface area contributed by atoms with E-state index in [2.05, 4.69) is 25.8 Å². The highest BCUT2D eigenvalue weighted by Gasteiger charge is 2.07. The molecule has 0 unspecified atom stereocenters. The molecule has 0 aliphatic heterocycles. The van der Waals surface area contributed by atoms with Crippen molar-refractivity contribution in [1.82, 2.24) is 4.90 Å². The number of ketones is 1. The van der Waals surface area contributed by atoms with E-state index in [1.807, 2.05) is 0 Å². The van der Waals surface area contributed by atoms with Crippen LogP contribution >= 0.6 is 11.6 Å². The van der Waals surface area contributed by atoms with Gasteiger partial charge in [0, 0.05) is 23.6 Å². The fourth-order valence-corrected chi connectivity index (χ4v) is 1.79. The molecule has 1 rings (SSSR count). The summed E-state index contributed by atoms with van der Waals surface area (Å²) in [5.74, 6) is 0.891. The Kier molecular flexibility index (Phi) is 6.37. The lowest BCUT2D eigenvalue weighted by Crippen LogP contribution is -2.24. The van der Waals surface area contributed by atoms with Crippen LogP contribution in [-0.4, -0.2) is 30.8 Å². The van der Waals surface area contributed by atoms with E-state index in [1.54, 1.807) is 24.3 Å². The molecule has 0 aliphatic rings. The highest BCUT2D eigenvalue weighted by Crippen LogP contribution is 2.11. The normalized spacial score (nSPS) is 11.2. The number of hydrogen-bond donors (Lipinski definition) is 0. The Balaban J connectivity index is 2.34. The molecule has 2 nitrogen and oxygen atoms in total. The third-order valence-electron chi connectivity index (χ3n) is 2.97. The van der Waals surface area contributed by atoms with Gasteiger partial charge in [-0.05, 0) is 50.2 Å². The summed E-state index contributed by atoms with van der Waals surface area (Å²) in [6.07, 6.45) is 1.74. The largest absolute Gasteiger partial charge is 0.306 e. The van der Waals surface area contributed by atoms with Gasteiger partial charge >= 0.3 is 0 Å². The van der Waals surface area contributed by atoms with Crippen LogP contribution in [0, 0.1) is 5.92 Å². The molecule has 100 valence electrons. The van der Waals surface area contributed by atoms with Crippen LogP contribution in [0.1, 0.15) is 37.0 Å². The highest BCUT2D eigenvalue weighted by atomic mass is 35.5. The molecule has 0 N–H and O–H groups in total. The van der Waals surface area contributed by atoms with Crippen molar-refractivity contribution in [1.29, 1.82) is 0 Å². The third-order valence-corrected chi connectivity index (χ3v) is 3.23. The first kappa shape index (κ1) is 15.2. The van der Waals surface area contributed by atoms with Gasteiger partial charge in [0.1, 0.15) is 0 Å². The van der Waals surface area contributed by atoms with Gasteiger partial charge in [0.15, 0.2) is 5.78 Å². The number of hydrogen-bond acceptors (Lipinski definition) is 2. The molecule has 1 aromatic rings. The maximum atomic E-state index is 11.9. The summed E-state index contributed by atoms with van der Waals surface area (Å²) < 4.78 is 0. The minimum Gasteiger partial charge on any atom is -0.306 e. The molecule has 0 amide bonds. The van der Waals surface area contributed by atoms with E-state index in [0.29, 0.717) is 17.4 Å². The van der Waals surface area contributed by atoms with Gasteiger partial charge in [-0.1, -0.05) is 25.4 Å². The smallest absolute Gasteiger partial charge is 0.164 e. The predicted octanol–water partition coefficient (Wildman–Crippen LogP) is 3.89. The van der Waals surface area contributed by atoms with Crippen molar-refractivity contribution in [3.05, 3.63) is 34.9 Å². The summed E-state index contributed by atoms with van der Waals surface area (Å²) >= 11 is 5.80. The molecule has 3 heteroatoms. The van der Waals surface area contributed by atoms with Gasteiger partial charge in [-0.2, -0.15) is 0 Å². The van der Waals surface area contributed by atoms with Crippen LogP contribution in [0.3, 0.4) is 0 Å². The highest BCUT2D eigenvalue weighted by molar-refractivity contribution is 6.30. The second-order valence-corrected chi connectivity index (χ2v) is 5.60. The lowest BCUT2D eigenvalue weighted by atomic mass is 10.1. The molecular weight excluding hydrogens is 246 g/mol. The van der Waals surface area contributed by atoms with Crippen molar-refractivity contribution in [2.75, 3.05) is 20.1 Å². The topological polar surface area (TPSA) is 20.3 Å². The Morgan fingerprint density at radius 2 is 1.83 bits per heavy atom. The summed E-state index contributed by atoms with van der Waals surface area (Å²) in [6, 6.07) is 7.10. The Labute approximate surface area is 115 Å². The minimum absolute atomic E-state index is 0.183. The number of nitrogens with zero attached hydrogens (tertiary/aromatic N) is 1. The lowest BCUT2D eigenvalue weighted by molar-refractivity contribution is 0.0968. The van der Waals surface area contributed by atoms with E-state index in [1.165, 1.54) is 6.42 Å². The Morgan fingerprint density at radius 1 is 1.22 bits per heavy atom. The van der Waals surface area contributed by atoms with Gasteiger partial charge < -0.3 is 4.90 Å². The van der Waals surface area contributed by atoms with Crippen LogP contribution < -0.4 is 0 Å². The molecular formula is C15H22ClNO. The van der Waals surface area contributed by atoms with E-state index in [0.717, 1.165) is 18.7 Å². The SMILES string of the molecule is CC(C)CCN(C)CCC(=O)c1ccc(Cl)cc1. The molecule has 0 spiro atoms. The minimum atomic E-state index is 0.183. The molecule has 0 aliphatic carbocycles. The van der Waals surface area contributed by atoms with E-state index in [-0.39, 0.29) is 5.78 Å². The molecule has 0 saturated heterocycles. The average Bonchev–Trinajstić information content (AvgIpc) is 2.34. The van der Waals surface area contributed by atoms with Gasteiger partial charge in [-0.25, -0.2) is 0 Å². The summed E-state index contributed by atoms with van der Waals surface area (Å²) in [5, 5.41) is 0.667. The third kappa shape index (κ3) is 5.65. The maximum Gasteiger partial charge on any atom is 0.164 e. The molecule has 0 radical (unpaired) electrons. The molecule has 0 saturated carbocycles. The lowest BCUT2D eigenvalue weighted by Gasteiger charge is -2.17.